The van der Waals surface area contributed by atoms with Gasteiger partial charge in [0.2, 0.25) is 5.91 Å². The van der Waals surface area contributed by atoms with Crippen molar-refractivity contribution in [2.24, 2.45) is 0 Å². The maximum Gasteiger partial charge on any atom is 0.272 e. The molecule has 0 atom stereocenters. The molecule has 0 aliphatic carbocycles. The monoisotopic (exact) mass is 328 g/mol. The fourth-order valence-electron chi connectivity index (χ4n) is 2.41. The van der Waals surface area contributed by atoms with Gasteiger partial charge in [-0.15, -0.1) is 0 Å². The highest BCUT2D eigenvalue weighted by atomic mass is 16.2. The van der Waals surface area contributed by atoms with E-state index >= 15 is 0 Å². The lowest BCUT2D eigenvalue weighted by molar-refractivity contribution is -0.130. The summed E-state index contributed by atoms with van der Waals surface area (Å²) in [6.07, 6.45) is 1.83. The number of nitrogens with one attached hydrogen (secondary N) is 2. The normalized spacial score (nSPS) is 10.4. The van der Waals surface area contributed by atoms with Crippen LogP contribution in [0.5, 0.6) is 0 Å². The van der Waals surface area contributed by atoms with Crippen LogP contribution in [0.25, 0.3) is 0 Å². The van der Waals surface area contributed by atoms with Crippen LogP contribution in [0.3, 0.4) is 0 Å². The minimum absolute atomic E-state index is 0.0323. The second kappa shape index (κ2) is 8.86. The molecule has 0 bridgehead atoms. The van der Waals surface area contributed by atoms with Crippen molar-refractivity contribution in [1.29, 1.82) is 0 Å². The summed E-state index contributed by atoms with van der Waals surface area (Å²) in [6, 6.07) is 11.5. The summed E-state index contributed by atoms with van der Waals surface area (Å²) in [6.45, 7) is 5.08. The van der Waals surface area contributed by atoms with Gasteiger partial charge in [-0.25, -0.2) is 0 Å². The zero-order valence-corrected chi connectivity index (χ0v) is 14.2. The number of hydrogen-bond acceptors (Lipinski definition) is 3. The Hall–Kier alpha value is -2.63. The zero-order chi connectivity index (χ0) is 17.4. The van der Waals surface area contributed by atoms with E-state index in [4.69, 9.17) is 0 Å². The Balaban J connectivity index is 1.87. The van der Waals surface area contributed by atoms with Crippen LogP contribution >= 0.6 is 0 Å². The van der Waals surface area contributed by atoms with Gasteiger partial charge < -0.3 is 10.2 Å². The lowest BCUT2D eigenvalue weighted by Gasteiger charge is -2.21. The van der Waals surface area contributed by atoms with Gasteiger partial charge in [0, 0.05) is 18.8 Å². The Morgan fingerprint density at radius 1 is 1.21 bits per heavy atom. The molecule has 2 amide bonds. The van der Waals surface area contributed by atoms with Gasteiger partial charge in [0.15, 0.2) is 0 Å². The lowest BCUT2D eigenvalue weighted by atomic mass is 10.2. The van der Waals surface area contributed by atoms with Gasteiger partial charge in [-0.05, 0) is 25.0 Å². The van der Waals surface area contributed by atoms with Gasteiger partial charge in [0.05, 0.1) is 6.54 Å². The van der Waals surface area contributed by atoms with Crippen LogP contribution < -0.4 is 5.32 Å². The highest BCUT2D eigenvalue weighted by Gasteiger charge is 2.15. The third-order valence-corrected chi connectivity index (χ3v) is 3.73. The molecule has 0 radical (unpaired) electrons. The zero-order valence-electron chi connectivity index (χ0n) is 14.2. The summed E-state index contributed by atoms with van der Waals surface area (Å²) in [4.78, 5) is 26.1. The Morgan fingerprint density at radius 3 is 2.62 bits per heavy atom. The highest BCUT2D eigenvalue weighted by Crippen LogP contribution is 2.05. The maximum atomic E-state index is 12.3. The first kappa shape index (κ1) is 17.7. The van der Waals surface area contributed by atoms with Crippen LogP contribution in [-0.2, 0) is 17.8 Å². The molecule has 1 heterocycles. The Bertz CT molecular complexity index is 667. The van der Waals surface area contributed by atoms with E-state index in [-0.39, 0.29) is 18.4 Å². The molecule has 0 unspecified atom stereocenters. The summed E-state index contributed by atoms with van der Waals surface area (Å²) >= 11 is 0. The molecule has 6 heteroatoms. The molecule has 0 fully saturated rings. The number of carbonyl (C=O) groups excluding carboxylic acids is 2. The maximum absolute atomic E-state index is 12.3. The van der Waals surface area contributed by atoms with E-state index in [9.17, 15) is 9.59 Å². The topological polar surface area (TPSA) is 78.1 Å². The summed E-state index contributed by atoms with van der Waals surface area (Å²) < 4.78 is 0. The molecule has 0 aliphatic heterocycles. The van der Waals surface area contributed by atoms with Gasteiger partial charge in [-0.1, -0.05) is 43.7 Å². The molecular formula is C18H24N4O2. The summed E-state index contributed by atoms with van der Waals surface area (Å²) in [5, 5.41) is 9.46. The van der Waals surface area contributed by atoms with Crippen LogP contribution in [0.2, 0.25) is 0 Å². The van der Waals surface area contributed by atoms with Gasteiger partial charge in [-0.3, -0.25) is 14.7 Å². The number of aryl methyl sites for hydroxylation is 1. The smallest absolute Gasteiger partial charge is 0.272 e. The van der Waals surface area contributed by atoms with Crippen molar-refractivity contribution in [2.75, 3.05) is 13.1 Å². The van der Waals surface area contributed by atoms with Gasteiger partial charge in [0.25, 0.3) is 5.91 Å². The molecule has 0 saturated carbocycles. The molecule has 6 nitrogen and oxygen atoms in total. The van der Waals surface area contributed by atoms with E-state index in [0.29, 0.717) is 18.8 Å². The molecule has 24 heavy (non-hydrogen) atoms. The van der Waals surface area contributed by atoms with Gasteiger partial charge in [-0.2, -0.15) is 5.10 Å². The Morgan fingerprint density at radius 2 is 1.96 bits per heavy atom. The SMILES string of the molecule is CCCc1cc(C(=O)NCC(=O)N(CC)Cc2ccccc2)n[nH]1. The molecule has 2 N–H and O–H groups in total. The molecular weight excluding hydrogens is 304 g/mol. The highest BCUT2D eigenvalue weighted by molar-refractivity contribution is 5.94. The molecule has 0 spiro atoms. The fourth-order valence-corrected chi connectivity index (χ4v) is 2.41. The number of hydrogen-bond donors (Lipinski definition) is 2. The molecule has 1 aromatic heterocycles. The number of nitrogens with zero attached hydrogens (tertiary/aromatic N) is 2. The van der Waals surface area contributed by atoms with E-state index in [1.165, 1.54) is 0 Å². The predicted molar refractivity (Wildman–Crippen MR) is 92.4 cm³/mol. The minimum Gasteiger partial charge on any atom is -0.342 e. The van der Waals surface area contributed by atoms with Crippen molar-refractivity contribution in [3.05, 3.63) is 53.3 Å². The van der Waals surface area contributed by atoms with Crippen LogP contribution in [-0.4, -0.2) is 40.0 Å². The number of rotatable bonds is 8. The number of aromatic nitrogens is 2. The second-order valence-corrected chi connectivity index (χ2v) is 5.60. The first-order valence-electron chi connectivity index (χ1n) is 8.28. The van der Waals surface area contributed by atoms with E-state index in [2.05, 4.69) is 22.4 Å². The van der Waals surface area contributed by atoms with E-state index in [1.54, 1.807) is 11.0 Å². The largest absolute Gasteiger partial charge is 0.342 e. The minimum atomic E-state index is -0.335. The standard InChI is InChI=1S/C18H24N4O2/c1-3-8-15-11-16(21-20-15)18(24)19-12-17(23)22(4-2)13-14-9-6-5-7-10-14/h5-7,9-11H,3-4,8,12-13H2,1-2H3,(H,19,24)(H,20,21). The number of H-pyrrole nitrogens is 1. The quantitative estimate of drug-likeness (QED) is 0.779. The lowest BCUT2D eigenvalue weighted by Crippen LogP contribution is -2.39. The average Bonchev–Trinajstić information content (AvgIpc) is 3.07. The Labute approximate surface area is 142 Å². The van der Waals surface area contributed by atoms with Crippen molar-refractivity contribution in [3.8, 4) is 0 Å². The first-order valence-corrected chi connectivity index (χ1v) is 8.28. The molecule has 0 saturated heterocycles. The van der Waals surface area contributed by atoms with Crippen LogP contribution in [0.4, 0.5) is 0 Å². The van der Waals surface area contributed by atoms with Crippen LogP contribution in [0.1, 0.15) is 42.0 Å². The van der Waals surface area contributed by atoms with Crippen molar-refractivity contribution in [3.63, 3.8) is 0 Å². The van der Waals surface area contributed by atoms with Crippen LogP contribution in [0, 0.1) is 0 Å². The second-order valence-electron chi connectivity index (χ2n) is 5.60. The van der Waals surface area contributed by atoms with Gasteiger partial charge in [0.1, 0.15) is 5.69 Å². The van der Waals surface area contributed by atoms with Crippen molar-refractivity contribution in [2.45, 2.75) is 33.2 Å². The molecule has 2 rings (SSSR count). The molecule has 0 aliphatic rings. The Kier molecular flexibility index (Phi) is 6.54. The summed E-state index contributed by atoms with van der Waals surface area (Å²) in [5.74, 6) is -0.447. The first-order chi connectivity index (χ1) is 11.6. The molecule has 128 valence electrons. The van der Waals surface area contributed by atoms with Crippen molar-refractivity contribution >= 4 is 11.8 Å². The third kappa shape index (κ3) is 4.94. The average molecular weight is 328 g/mol. The fraction of sp³-hybridized carbons (Fsp3) is 0.389. The van der Waals surface area contributed by atoms with Crippen molar-refractivity contribution < 1.29 is 9.59 Å². The molecule has 1 aromatic carbocycles. The van der Waals surface area contributed by atoms with Crippen molar-refractivity contribution in [1.82, 2.24) is 20.4 Å². The molecule has 2 aromatic rings. The van der Waals surface area contributed by atoms with E-state index in [1.807, 2.05) is 37.3 Å². The number of amides is 2. The number of likely N-dealkylation sites (N-methyl/N-ethyl adjacent to an activating group) is 1. The van der Waals surface area contributed by atoms with E-state index in [0.717, 1.165) is 24.1 Å². The summed E-state index contributed by atoms with van der Waals surface area (Å²) in [5.41, 5.74) is 2.31. The number of aromatic amines is 1. The number of benzene rings is 1. The third-order valence-electron chi connectivity index (χ3n) is 3.73. The van der Waals surface area contributed by atoms with Crippen LogP contribution in [0.15, 0.2) is 36.4 Å². The summed E-state index contributed by atoms with van der Waals surface area (Å²) in [7, 11) is 0. The van der Waals surface area contributed by atoms with Gasteiger partial charge >= 0.3 is 0 Å². The predicted octanol–water partition coefficient (Wildman–Crippen LogP) is 2.14. The number of carbonyl (C=O) groups is 2. The van der Waals surface area contributed by atoms with E-state index < -0.39 is 0 Å².